The average Bonchev–Trinajstić information content (AvgIpc) is 2.70. The van der Waals surface area contributed by atoms with Gasteiger partial charge in [0.2, 0.25) is 0 Å². The lowest BCUT2D eigenvalue weighted by Crippen LogP contribution is -2.28. The van der Waals surface area contributed by atoms with Gasteiger partial charge >= 0.3 is 11.9 Å². The molecule has 0 heterocycles. The smallest absolute Gasteiger partial charge is 0.347 e. The van der Waals surface area contributed by atoms with E-state index in [-0.39, 0.29) is 11.9 Å². The van der Waals surface area contributed by atoms with E-state index in [2.05, 4.69) is 0 Å². The first-order chi connectivity index (χ1) is 7.15. The minimum absolute atomic E-state index is 0.0122. The Balaban J connectivity index is 2.33. The Morgan fingerprint density at radius 3 is 2.47 bits per heavy atom. The van der Waals surface area contributed by atoms with E-state index >= 15 is 0 Å². The number of rotatable bonds is 4. The summed E-state index contributed by atoms with van der Waals surface area (Å²) in [4.78, 5) is 22.7. The zero-order valence-electron chi connectivity index (χ0n) is 9.32. The van der Waals surface area contributed by atoms with Crippen molar-refractivity contribution >= 4 is 11.9 Å². The van der Waals surface area contributed by atoms with Crippen molar-refractivity contribution < 1.29 is 19.1 Å². The van der Waals surface area contributed by atoms with Gasteiger partial charge < -0.3 is 9.47 Å². The molecule has 0 spiro atoms. The molecule has 4 heteroatoms. The van der Waals surface area contributed by atoms with Crippen LogP contribution in [0.1, 0.15) is 39.5 Å². The van der Waals surface area contributed by atoms with Crippen LogP contribution in [-0.2, 0) is 19.1 Å². The predicted molar refractivity (Wildman–Crippen MR) is 54.1 cm³/mol. The van der Waals surface area contributed by atoms with Gasteiger partial charge in [-0.05, 0) is 26.7 Å². The lowest BCUT2D eigenvalue weighted by atomic mass is 10.1. The van der Waals surface area contributed by atoms with Gasteiger partial charge in [-0.3, -0.25) is 4.79 Å². The summed E-state index contributed by atoms with van der Waals surface area (Å²) >= 11 is 0. The van der Waals surface area contributed by atoms with Gasteiger partial charge in [-0.15, -0.1) is 0 Å². The molecule has 1 atom stereocenters. The highest BCUT2D eigenvalue weighted by atomic mass is 16.6. The van der Waals surface area contributed by atoms with Crippen molar-refractivity contribution in [1.82, 2.24) is 0 Å². The summed E-state index contributed by atoms with van der Waals surface area (Å²) in [6.07, 6.45) is 3.14. The predicted octanol–water partition coefficient (Wildman–Crippen LogP) is 1.67. The molecule has 0 saturated heterocycles. The molecule has 1 fully saturated rings. The molecule has 4 nitrogen and oxygen atoms in total. The van der Waals surface area contributed by atoms with Crippen LogP contribution in [0.2, 0.25) is 0 Å². The van der Waals surface area contributed by atoms with E-state index in [0.717, 1.165) is 25.7 Å². The summed E-state index contributed by atoms with van der Waals surface area (Å²) in [5.41, 5.74) is 0. The molecule has 1 aliphatic carbocycles. The Labute approximate surface area is 89.9 Å². The van der Waals surface area contributed by atoms with E-state index in [1.165, 1.54) is 0 Å². The van der Waals surface area contributed by atoms with Crippen LogP contribution in [0.4, 0.5) is 0 Å². The van der Waals surface area contributed by atoms with Gasteiger partial charge in [-0.25, -0.2) is 4.79 Å². The second kappa shape index (κ2) is 5.73. The van der Waals surface area contributed by atoms with Crippen molar-refractivity contribution in [3.05, 3.63) is 0 Å². The summed E-state index contributed by atoms with van der Waals surface area (Å²) in [5, 5.41) is 0. The maximum absolute atomic E-state index is 11.5. The molecule has 1 rings (SSSR count). The average molecular weight is 214 g/mol. The first kappa shape index (κ1) is 12.0. The van der Waals surface area contributed by atoms with Crippen molar-refractivity contribution in [2.75, 3.05) is 6.61 Å². The summed E-state index contributed by atoms with van der Waals surface area (Å²) in [5.74, 6) is -0.737. The lowest BCUT2D eigenvalue weighted by molar-refractivity contribution is -0.168. The van der Waals surface area contributed by atoms with E-state index in [9.17, 15) is 9.59 Å². The fourth-order valence-corrected chi connectivity index (χ4v) is 1.74. The van der Waals surface area contributed by atoms with Crippen LogP contribution in [0.5, 0.6) is 0 Å². The molecule has 0 bridgehead atoms. The van der Waals surface area contributed by atoms with Gasteiger partial charge in [0.15, 0.2) is 6.10 Å². The van der Waals surface area contributed by atoms with Crippen LogP contribution in [0.25, 0.3) is 0 Å². The number of hydrogen-bond donors (Lipinski definition) is 0. The summed E-state index contributed by atoms with van der Waals surface area (Å²) in [6.45, 7) is 3.58. The molecule has 0 aromatic carbocycles. The number of carbonyl (C=O) groups is 2. The SMILES string of the molecule is CCOC(=O)C(C)OC(=O)C1CCCC1. The molecule has 1 unspecified atom stereocenters. The Morgan fingerprint density at radius 1 is 1.33 bits per heavy atom. The Hall–Kier alpha value is -1.06. The molecule has 0 aliphatic heterocycles. The number of hydrogen-bond acceptors (Lipinski definition) is 4. The number of carbonyl (C=O) groups excluding carboxylic acids is 2. The second-order valence-corrected chi connectivity index (χ2v) is 3.81. The molecule has 1 saturated carbocycles. The third-order valence-electron chi connectivity index (χ3n) is 2.60. The van der Waals surface area contributed by atoms with Gasteiger partial charge in [0, 0.05) is 0 Å². The van der Waals surface area contributed by atoms with Gasteiger partial charge in [0.25, 0.3) is 0 Å². The standard InChI is InChI=1S/C11H18O4/c1-3-14-10(12)8(2)15-11(13)9-6-4-5-7-9/h8-9H,3-7H2,1-2H3. The van der Waals surface area contributed by atoms with Crippen LogP contribution in [0.15, 0.2) is 0 Å². The number of esters is 2. The van der Waals surface area contributed by atoms with Gasteiger partial charge in [-0.1, -0.05) is 12.8 Å². The molecular weight excluding hydrogens is 196 g/mol. The molecule has 0 radical (unpaired) electrons. The summed E-state index contributed by atoms with van der Waals surface area (Å²) in [7, 11) is 0. The topological polar surface area (TPSA) is 52.6 Å². The van der Waals surface area contributed by atoms with E-state index < -0.39 is 12.1 Å². The highest BCUT2D eigenvalue weighted by molar-refractivity contribution is 5.80. The third-order valence-corrected chi connectivity index (χ3v) is 2.60. The van der Waals surface area contributed by atoms with E-state index in [4.69, 9.17) is 9.47 Å². The second-order valence-electron chi connectivity index (χ2n) is 3.81. The fraction of sp³-hybridized carbons (Fsp3) is 0.818. The Kier molecular flexibility index (Phi) is 4.59. The molecule has 0 aromatic heterocycles. The summed E-state index contributed by atoms with van der Waals surface area (Å²) in [6, 6.07) is 0. The molecule has 15 heavy (non-hydrogen) atoms. The molecule has 1 aliphatic rings. The van der Waals surface area contributed by atoms with Crippen LogP contribution in [0.3, 0.4) is 0 Å². The highest BCUT2D eigenvalue weighted by Gasteiger charge is 2.27. The normalized spacial score (nSPS) is 18.5. The monoisotopic (exact) mass is 214 g/mol. The fourth-order valence-electron chi connectivity index (χ4n) is 1.74. The summed E-state index contributed by atoms with van der Waals surface area (Å²) < 4.78 is 9.79. The first-order valence-electron chi connectivity index (χ1n) is 5.52. The number of ether oxygens (including phenoxy) is 2. The van der Waals surface area contributed by atoms with Gasteiger partial charge in [0.05, 0.1) is 12.5 Å². The van der Waals surface area contributed by atoms with Gasteiger partial charge in [-0.2, -0.15) is 0 Å². The van der Waals surface area contributed by atoms with Crippen molar-refractivity contribution in [1.29, 1.82) is 0 Å². The maximum Gasteiger partial charge on any atom is 0.347 e. The van der Waals surface area contributed by atoms with Crippen LogP contribution >= 0.6 is 0 Å². The minimum atomic E-state index is -0.780. The van der Waals surface area contributed by atoms with Crippen LogP contribution in [0, 0.1) is 5.92 Å². The molecular formula is C11H18O4. The highest BCUT2D eigenvalue weighted by Crippen LogP contribution is 2.26. The van der Waals surface area contributed by atoms with Crippen LogP contribution in [-0.4, -0.2) is 24.6 Å². The van der Waals surface area contributed by atoms with Crippen molar-refractivity contribution in [2.24, 2.45) is 5.92 Å². The Bertz CT molecular complexity index is 231. The van der Waals surface area contributed by atoms with E-state index in [1.807, 2.05) is 0 Å². The molecule has 0 N–H and O–H groups in total. The Morgan fingerprint density at radius 2 is 1.93 bits per heavy atom. The molecule has 86 valence electrons. The van der Waals surface area contributed by atoms with E-state index in [0.29, 0.717) is 6.61 Å². The largest absolute Gasteiger partial charge is 0.463 e. The maximum atomic E-state index is 11.5. The van der Waals surface area contributed by atoms with Crippen molar-refractivity contribution in [3.8, 4) is 0 Å². The molecule has 0 amide bonds. The lowest BCUT2D eigenvalue weighted by Gasteiger charge is -2.14. The first-order valence-corrected chi connectivity index (χ1v) is 5.52. The quantitative estimate of drug-likeness (QED) is 0.668. The van der Waals surface area contributed by atoms with Crippen LogP contribution < -0.4 is 0 Å². The van der Waals surface area contributed by atoms with E-state index in [1.54, 1.807) is 13.8 Å². The zero-order valence-corrected chi connectivity index (χ0v) is 9.32. The molecule has 0 aromatic rings. The third kappa shape index (κ3) is 3.53. The minimum Gasteiger partial charge on any atom is -0.463 e. The van der Waals surface area contributed by atoms with Crippen molar-refractivity contribution in [2.45, 2.75) is 45.6 Å². The zero-order chi connectivity index (χ0) is 11.3. The van der Waals surface area contributed by atoms with Gasteiger partial charge in [0.1, 0.15) is 0 Å². The van der Waals surface area contributed by atoms with Crippen molar-refractivity contribution in [3.63, 3.8) is 0 Å².